The fourth-order valence-electron chi connectivity index (χ4n) is 2.28. The van der Waals surface area contributed by atoms with Crippen molar-refractivity contribution in [1.82, 2.24) is 15.5 Å². The Morgan fingerprint density at radius 2 is 1.92 bits per heavy atom. The first-order valence-electron chi connectivity index (χ1n) is 8.87. The van der Waals surface area contributed by atoms with Crippen LogP contribution in [0.1, 0.15) is 47.0 Å². The van der Waals surface area contributed by atoms with Crippen molar-refractivity contribution in [3.05, 3.63) is 0 Å². The van der Waals surface area contributed by atoms with Crippen LogP contribution in [-0.4, -0.2) is 68.5 Å². The molecule has 1 aliphatic rings. The number of halogens is 1. The zero-order chi connectivity index (χ0) is 18.0. The van der Waals surface area contributed by atoms with Gasteiger partial charge in [-0.15, -0.1) is 24.0 Å². The predicted molar refractivity (Wildman–Crippen MR) is 112 cm³/mol. The number of ether oxygens (including phenoxy) is 2. The zero-order valence-electron chi connectivity index (χ0n) is 16.3. The van der Waals surface area contributed by atoms with E-state index in [1.165, 1.54) is 0 Å². The fourth-order valence-corrected chi connectivity index (χ4v) is 2.28. The molecule has 0 atom stereocenters. The predicted octanol–water partition coefficient (Wildman–Crippen LogP) is 2.60. The van der Waals surface area contributed by atoms with Crippen molar-refractivity contribution < 1.29 is 14.3 Å². The van der Waals surface area contributed by atoms with Gasteiger partial charge in [-0.05, 0) is 47.0 Å². The number of guanidine groups is 1. The van der Waals surface area contributed by atoms with Gasteiger partial charge in [0.1, 0.15) is 5.60 Å². The molecule has 0 radical (unpaired) electrons. The molecular formula is C17H35IN4O3. The quantitative estimate of drug-likeness (QED) is 0.247. The summed E-state index contributed by atoms with van der Waals surface area (Å²) in [6.45, 7) is 11.4. The lowest BCUT2D eigenvalue weighted by Gasteiger charge is -2.40. The first-order valence-corrected chi connectivity index (χ1v) is 8.87. The maximum atomic E-state index is 11.9. The average molecular weight is 470 g/mol. The first-order chi connectivity index (χ1) is 11.4. The second-order valence-corrected chi connectivity index (χ2v) is 7.04. The summed E-state index contributed by atoms with van der Waals surface area (Å²) in [5.74, 6) is 0.818. The number of unbranched alkanes of at least 4 members (excludes halogenated alkanes) is 2. The maximum absolute atomic E-state index is 11.9. The van der Waals surface area contributed by atoms with Crippen molar-refractivity contribution in [2.45, 2.75) is 58.6 Å². The summed E-state index contributed by atoms with van der Waals surface area (Å²) in [6.07, 6.45) is 2.99. The van der Waals surface area contributed by atoms with Gasteiger partial charge in [0.15, 0.2) is 5.96 Å². The standard InChI is InChI=1S/C17H34N4O3.HI/c1-6-18-15(19-10-8-7-9-11-23-5)20-14-12-21(13-14)16(22)24-17(2,3)4;/h14H,6-13H2,1-5H3,(H2,18,19,20);1H. The number of carbonyl (C=O) groups excluding carboxylic acids is 1. The number of nitrogens with one attached hydrogen (secondary N) is 2. The molecule has 1 rings (SSSR count). The normalized spacial score (nSPS) is 15.2. The SMILES string of the molecule is CCNC(=NCCCCCOC)NC1CN(C(=O)OC(C)(C)C)C1.I. The molecule has 0 saturated carbocycles. The fraction of sp³-hybridized carbons (Fsp3) is 0.882. The van der Waals surface area contributed by atoms with E-state index in [2.05, 4.69) is 15.6 Å². The van der Waals surface area contributed by atoms with Gasteiger partial charge in [0.25, 0.3) is 0 Å². The number of hydrogen-bond acceptors (Lipinski definition) is 4. The van der Waals surface area contributed by atoms with Crippen molar-refractivity contribution in [3.63, 3.8) is 0 Å². The van der Waals surface area contributed by atoms with E-state index in [4.69, 9.17) is 9.47 Å². The zero-order valence-corrected chi connectivity index (χ0v) is 18.6. The van der Waals surface area contributed by atoms with E-state index >= 15 is 0 Å². The lowest BCUT2D eigenvalue weighted by Crippen LogP contribution is -2.63. The highest BCUT2D eigenvalue weighted by molar-refractivity contribution is 14.0. The van der Waals surface area contributed by atoms with Crippen LogP contribution in [0.2, 0.25) is 0 Å². The van der Waals surface area contributed by atoms with Crippen LogP contribution in [0, 0.1) is 0 Å². The second kappa shape index (κ2) is 12.6. The summed E-state index contributed by atoms with van der Waals surface area (Å²) >= 11 is 0. The number of aliphatic imine (C=N–C) groups is 1. The lowest BCUT2D eigenvalue weighted by atomic mass is 10.1. The van der Waals surface area contributed by atoms with Crippen LogP contribution in [0.4, 0.5) is 4.79 Å². The first kappa shape index (κ1) is 24.2. The van der Waals surface area contributed by atoms with Crippen molar-refractivity contribution >= 4 is 36.0 Å². The molecule has 0 aliphatic carbocycles. The molecule has 1 saturated heterocycles. The van der Waals surface area contributed by atoms with Gasteiger partial charge in [0, 0.05) is 39.9 Å². The van der Waals surface area contributed by atoms with Gasteiger partial charge in [0.2, 0.25) is 0 Å². The van der Waals surface area contributed by atoms with E-state index < -0.39 is 5.60 Å². The van der Waals surface area contributed by atoms with Gasteiger partial charge < -0.3 is 25.0 Å². The van der Waals surface area contributed by atoms with Gasteiger partial charge >= 0.3 is 6.09 Å². The van der Waals surface area contributed by atoms with Crippen molar-refractivity contribution in [2.75, 3.05) is 39.9 Å². The summed E-state index contributed by atoms with van der Waals surface area (Å²) in [5, 5.41) is 6.61. The van der Waals surface area contributed by atoms with Crippen LogP contribution in [0.15, 0.2) is 4.99 Å². The molecule has 1 amide bonds. The van der Waals surface area contributed by atoms with E-state index in [1.54, 1.807) is 12.0 Å². The molecule has 0 bridgehead atoms. The number of nitrogens with zero attached hydrogens (tertiary/aromatic N) is 2. The van der Waals surface area contributed by atoms with Crippen LogP contribution in [-0.2, 0) is 9.47 Å². The van der Waals surface area contributed by atoms with Gasteiger partial charge in [0.05, 0.1) is 6.04 Å². The van der Waals surface area contributed by atoms with Crippen LogP contribution < -0.4 is 10.6 Å². The second-order valence-electron chi connectivity index (χ2n) is 7.04. The minimum absolute atomic E-state index is 0. The summed E-state index contributed by atoms with van der Waals surface area (Å²) in [5.41, 5.74) is -0.450. The molecule has 0 unspecified atom stereocenters. The Hall–Kier alpha value is -0.770. The molecule has 7 nitrogen and oxygen atoms in total. The van der Waals surface area contributed by atoms with Gasteiger partial charge in [-0.25, -0.2) is 4.79 Å². The minimum atomic E-state index is -0.450. The number of hydrogen-bond donors (Lipinski definition) is 2. The Balaban J connectivity index is 0.00000576. The van der Waals surface area contributed by atoms with Crippen molar-refractivity contribution in [1.29, 1.82) is 0 Å². The number of rotatable bonds is 8. The Kier molecular flexibility index (Phi) is 12.2. The molecule has 148 valence electrons. The van der Waals surface area contributed by atoms with E-state index in [0.29, 0.717) is 13.1 Å². The van der Waals surface area contributed by atoms with Crippen LogP contribution in [0.3, 0.4) is 0 Å². The number of likely N-dealkylation sites (tertiary alicyclic amines) is 1. The Morgan fingerprint density at radius 1 is 1.24 bits per heavy atom. The van der Waals surface area contributed by atoms with Crippen molar-refractivity contribution in [2.24, 2.45) is 4.99 Å². The molecule has 0 aromatic carbocycles. The van der Waals surface area contributed by atoms with Gasteiger partial charge in [-0.1, -0.05) is 0 Å². The smallest absolute Gasteiger partial charge is 0.410 e. The summed E-state index contributed by atoms with van der Waals surface area (Å²) < 4.78 is 10.4. The third-order valence-electron chi connectivity index (χ3n) is 3.49. The molecular weight excluding hydrogens is 435 g/mol. The van der Waals surface area contributed by atoms with Gasteiger partial charge in [-0.2, -0.15) is 0 Å². The monoisotopic (exact) mass is 470 g/mol. The van der Waals surface area contributed by atoms with Crippen molar-refractivity contribution in [3.8, 4) is 0 Å². The highest BCUT2D eigenvalue weighted by Gasteiger charge is 2.34. The van der Waals surface area contributed by atoms with E-state index in [-0.39, 0.29) is 36.1 Å². The molecule has 1 fully saturated rings. The molecule has 2 N–H and O–H groups in total. The Morgan fingerprint density at radius 3 is 2.48 bits per heavy atom. The molecule has 0 aromatic heterocycles. The molecule has 1 heterocycles. The van der Waals surface area contributed by atoms with Crippen LogP contribution >= 0.6 is 24.0 Å². The number of amides is 1. The third kappa shape index (κ3) is 10.7. The average Bonchev–Trinajstić information content (AvgIpc) is 2.43. The summed E-state index contributed by atoms with van der Waals surface area (Å²) in [7, 11) is 1.73. The number of methoxy groups -OCH3 is 1. The number of carbonyl (C=O) groups is 1. The highest BCUT2D eigenvalue weighted by Crippen LogP contribution is 2.15. The highest BCUT2D eigenvalue weighted by atomic mass is 127. The molecule has 25 heavy (non-hydrogen) atoms. The largest absolute Gasteiger partial charge is 0.444 e. The topological polar surface area (TPSA) is 75.2 Å². The van der Waals surface area contributed by atoms with E-state index in [1.807, 2.05) is 27.7 Å². The van der Waals surface area contributed by atoms with E-state index in [0.717, 1.165) is 44.9 Å². The molecule has 0 spiro atoms. The Bertz CT molecular complexity index is 407. The van der Waals surface area contributed by atoms with E-state index in [9.17, 15) is 4.79 Å². The Labute approximate surface area is 169 Å². The molecule has 0 aromatic rings. The minimum Gasteiger partial charge on any atom is -0.444 e. The lowest BCUT2D eigenvalue weighted by molar-refractivity contribution is 0.00701. The van der Waals surface area contributed by atoms with Crippen LogP contribution in [0.25, 0.3) is 0 Å². The maximum Gasteiger partial charge on any atom is 0.410 e. The third-order valence-corrected chi connectivity index (χ3v) is 3.49. The summed E-state index contributed by atoms with van der Waals surface area (Å²) in [4.78, 5) is 18.2. The summed E-state index contributed by atoms with van der Waals surface area (Å²) in [6, 6.07) is 0.226. The van der Waals surface area contributed by atoms with Gasteiger partial charge in [-0.3, -0.25) is 4.99 Å². The molecule has 1 aliphatic heterocycles. The van der Waals surface area contributed by atoms with Crippen LogP contribution in [0.5, 0.6) is 0 Å². The molecule has 8 heteroatoms.